The molecule has 1 rings (SSSR count). The Morgan fingerprint density at radius 1 is 1.54 bits per heavy atom. The molecule has 0 unspecified atom stereocenters. The van der Waals surface area contributed by atoms with Gasteiger partial charge in [-0.2, -0.15) is 0 Å². The lowest BCUT2D eigenvalue weighted by atomic mass is 10.0. The summed E-state index contributed by atoms with van der Waals surface area (Å²) in [6.07, 6.45) is 2.36. The Morgan fingerprint density at radius 3 is 2.54 bits per heavy atom. The van der Waals surface area contributed by atoms with Crippen molar-refractivity contribution in [3.8, 4) is 0 Å². The fraction of sp³-hybridized carbons (Fsp3) is 0.545. The quantitative estimate of drug-likeness (QED) is 0.620. The van der Waals surface area contributed by atoms with Crippen LogP contribution >= 0.6 is 0 Å². The van der Waals surface area contributed by atoms with Gasteiger partial charge in [0, 0.05) is 23.5 Å². The number of ketones is 1. The highest BCUT2D eigenvalue weighted by Crippen LogP contribution is 2.21. The maximum absolute atomic E-state index is 11.2. The van der Waals surface area contributed by atoms with Crippen LogP contribution in [0.2, 0.25) is 0 Å². The van der Waals surface area contributed by atoms with E-state index in [1.54, 1.807) is 0 Å². The molecule has 0 aromatic rings. The van der Waals surface area contributed by atoms with Gasteiger partial charge in [-0.15, -0.1) is 0 Å². The topological polar surface area (TPSA) is 20.3 Å². The zero-order valence-electron chi connectivity index (χ0n) is 7.92. The van der Waals surface area contributed by atoms with E-state index in [1.807, 2.05) is 13.1 Å². The van der Waals surface area contributed by atoms with Crippen LogP contribution in [-0.2, 0) is 4.79 Å². The van der Waals surface area contributed by atoms with Crippen molar-refractivity contribution >= 4 is 5.78 Å². The molecule has 0 atom stereocenters. The molecule has 2 heteroatoms. The minimum Gasteiger partial charge on any atom is -0.349 e. The van der Waals surface area contributed by atoms with Gasteiger partial charge in [-0.05, 0) is 20.8 Å². The van der Waals surface area contributed by atoms with E-state index in [-0.39, 0.29) is 13.2 Å². The molecular weight excluding hydrogens is 162 g/mol. The third-order valence-electron chi connectivity index (χ3n) is 2.06. The first-order chi connectivity index (χ1) is 5.52. The van der Waals surface area contributed by atoms with E-state index in [1.165, 1.54) is 0 Å². The van der Waals surface area contributed by atoms with E-state index in [9.17, 15) is 4.79 Å². The van der Waals surface area contributed by atoms with Crippen LogP contribution in [0.1, 0.15) is 34.6 Å². The molecule has 0 amide bonds. The number of allylic oxidation sites excluding steroid dienone is 2. The number of hydrogen-bond donors (Lipinski definition) is 0. The Labute approximate surface area is 80.9 Å². The number of nitrogens with zero attached hydrogens (tertiary/aromatic N) is 1. The summed E-state index contributed by atoms with van der Waals surface area (Å²) in [5.74, 6) is 0.192. The predicted octanol–water partition coefficient (Wildman–Crippen LogP) is 2.72. The van der Waals surface area contributed by atoms with E-state index in [2.05, 4.69) is 25.3 Å². The van der Waals surface area contributed by atoms with E-state index in [4.69, 9.17) is 0 Å². The van der Waals surface area contributed by atoms with Crippen LogP contribution in [0.4, 0.5) is 0 Å². The van der Waals surface area contributed by atoms with Crippen molar-refractivity contribution in [3.63, 3.8) is 0 Å². The molecule has 0 spiro atoms. The van der Waals surface area contributed by atoms with E-state index < -0.39 is 0 Å². The molecule has 0 saturated carbocycles. The standard InChI is InChI=1S/C10H15NO.CH4/c1-7(2)11-6-8(3)10(12)5-9(11)4;/h6-7H,4-5H2,1-3H3;1H4. The highest BCUT2D eigenvalue weighted by atomic mass is 16.1. The monoisotopic (exact) mass is 181 g/mol. The van der Waals surface area contributed by atoms with Crippen molar-refractivity contribution < 1.29 is 4.79 Å². The van der Waals surface area contributed by atoms with Crippen molar-refractivity contribution in [2.75, 3.05) is 0 Å². The lowest BCUT2D eigenvalue weighted by Gasteiger charge is -2.30. The van der Waals surface area contributed by atoms with Gasteiger partial charge in [0.2, 0.25) is 0 Å². The van der Waals surface area contributed by atoms with Crippen LogP contribution in [0.15, 0.2) is 24.0 Å². The molecule has 0 N–H and O–H groups in total. The normalized spacial score (nSPS) is 17.2. The fourth-order valence-electron chi connectivity index (χ4n) is 1.30. The number of rotatable bonds is 1. The Hall–Kier alpha value is -1.05. The minimum atomic E-state index is 0. The maximum atomic E-state index is 11.2. The number of carbonyl (C=O) groups is 1. The molecule has 0 radical (unpaired) electrons. The Morgan fingerprint density at radius 2 is 2.08 bits per heavy atom. The molecule has 13 heavy (non-hydrogen) atoms. The molecule has 1 aliphatic heterocycles. The van der Waals surface area contributed by atoms with E-state index in [0.717, 1.165) is 11.3 Å². The van der Waals surface area contributed by atoms with Crippen LogP contribution in [0.3, 0.4) is 0 Å². The van der Waals surface area contributed by atoms with Gasteiger partial charge in [0.15, 0.2) is 5.78 Å². The molecule has 2 nitrogen and oxygen atoms in total. The second-order valence-electron chi connectivity index (χ2n) is 3.48. The van der Waals surface area contributed by atoms with Crippen molar-refractivity contribution in [2.24, 2.45) is 0 Å². The number of hydrogen-bond acceptors (Lipinski definition) is 2. The number of carbonyl (C=O) groups excluding carboxylic acids is 1. The number of Topliss-reactive ketones (excluding diaryl/α,β-unsaturated/α-hetero) is 1. The summed E-state index contributed by atoms with van der Waals surface area (Å²) in [7, 11) is 0. The molecule has 0 aliphatic carbocycles. The lowest BCUT2D eigenvalue weighted by molar-refractivity contribution is -0.115. The highest BCUT2D eigenvalue weighted by Gasteiger charge is 2.19. The molecule has 0 fully saturated rings. The summed E-state index contributed by atoms with van der Waals surface area (Å²) in [6.45, 7) is 9.89. The molecule has 1 heterocycles. The largest absolute Gasteiger partial charge is 0.349 e. The molecule has 0 aromatic carbocycles. The van der Waals surface area contributed by atoms with E-state index >= 15 is 0 Å². The fourth-order valence-corrected chi connectivity index (χ4v) is 1.30. The van der Waals surface area contributed by atoms with Crippen molar-refractivity contribution in [1.82, 2.24) is 4.90 Å². The zero-order valence-corrected chi connectivity index (χ0v) is 7.92. The van der Waals surface area contributed by atoms with Gasteiger partial charge in [0.25, 0.3) is 0 Å². The van der Waals surface area contributed by atoms with Crippen LogP contribution in [0, 0.1) is 0 Å². The molecule has 0 bridgehead atoms. The molecular formula is C11H19NO. The van der Waals surface area contributed by atoms with E-state index in [0.29, 0.717) is 12.5 Å². The van der Waals surface area contributed by atoms with Crippen molar-refractivity contribution in [3.05, 3.63) is 24.0 Å². The second kappa shape index (κ2) is 4.26. The Kier molecular flexibility index (Phi) is 3.92. The summed E-state index contributed by atoms with van der Waals surface area (Å²) in [5.41, 5.74) is 1.73. The van der Waals surface area contributed by atoms with Gasteiger partial charge < -0.3 is 4.90 Å². The summed E-state index contributed by atoms with van der Waals surface area (Å²) < 4.78 is 0. The third kappa shape index (κ3) is 2.44. The predicted molar refractivity (Wildman–Crippen MR) is 56.2 cm³/mol. The van der Waals surface area contributed by atoms with Crippen LogP contribution < -0.4 is 0 Å². The van der Waals surface area contributed by atoms with Gasteiger partial charge in [-0.25, -0.2) is 0 Å². The van der Waals surface area contributed by atoms with Crippen molar-refractivity contribution in [1.29, 1.82) is 0 Å². The van der Waals surface area contributed by atoms with Gasteiger partial charge in [-0.3, -0.25) is 4.79 Å². The third-order valence-corrected chi connectivity index (χ3v) is 2.06. The lowest BCUT2D eigenvalue weighted by Crippen LogP contribution is -2.30. The minimum absolute atomic E-state index is 0. The first kappa shape index (κ1) is 11.9. The molecule has 1 aliphatic rings. The van der Waals surface area contributed by atoms with Gasteiger partial charge in [-0.1, -0.05) is 14.0 Å². The molecule has 0 saturated heterocycles. The Bertz CT molecular complexity index is 251. The average molecular weight is 181 g/mol. The molecule has 74 valence electrons. The summed E-state index contributed by atoms with van der Waals surface area (Å²) in [4.78, 5) is 13.3. The second-order valence-corrected chi connectivity index (χ2v) is 3.48. The van der Waals surface area contributed by atoms with Crippen LogP contribution in [0.5, 0.6) is 0 Å². The first-order valence-electron chi connectivity index (χ1n) is 4.20. The SMILES string of the molecule is C.C=C1CC(=O)C(C)=CN1C(C)C. The van der Waals surface area contributed by atoms with Crippen LogP contribution in [0.25, 0.3) is 0 Å². The first-order valence-corrected chi connectivity index (χ1v) is 4.20. The zero-order chi connectivity index (χ0) is 9.30. The smallest absolute Gasteiger partial charge is 0.165 e. The van der Waals surface area contributed by atoms with Gasteiger partial charge in [0.05, 0.1) is 6.42 Å². The Balaban J connectivity index is 0.00000144. The summed E-state index contributed by atoms with van der Waals surface area (Å²) in [6, 6.07) is 0.389. The summed E-state index contributed by atoms with van der Waals surface area (Å²) >= 11 is 0. The van der Waals surface area contributed by atoms with Crippen molar-refractivity contribution in [2.45, 2.75) is 40.7 Å². The molecule has 0 aromatic heterocycles. The van der Waals surface area contributed by atoms with Crippen LogP contribution in [-0.4, -0.2) is 16.7 Å². The van der Waals surface area contributed by atoms with Gasteiger partial charge >= 0.3 is 0 Å². The average Bonchev–Trinajstić information content (AvgIpc) is 1.96. The highest BCUT2D eigenvalue weighted by molar-refractivity contribution is 5.97. The van der Waals surface area contributed by atoms with Gasteiger partial charge in [0.1, 0.15) is 0 Å². The maximum Gasteiger partial charge on any atom is 0.165 e. The summed E-state index contributed by atoms with van der Waals surface area (Å²) in [5, 5.41) is 0.